The molecule has 0 saturated carbocycles. The zero-order chi connectivity index (χ0) is 15.4. The highest BCUT2D eigenvalue weighted by Gasteiger charge is 2.08. The van der Waals surface area contributed by atoms with Crippen LogP contribution in [-0.2, 0) is 13.0 Å². The summed E-state index contributed by atoms with van der Waals surface area (Å²) >= 11 is 0. The smallest absolute Gasteiger partial charge is 0.248 e. The fraction of sp³-hybridized carbons (Fsp3) is 0.167. The molecular weight excluding hydrogens is 276 g/mol. The van der Waals surface area contributed by atoms with Crippen molar-refractivity contribution in [3.8, 4) is 5.75 Å². The van der Waals surface area contributed by atoms with Gasteiger partial charge in [0.25, 0.3) is 0 Å². The minimum absolute atomic E-state index is 0.137. The van der Waals surface area contributed by atoms with E-state index in [1.54, 1.807) is 0 Å². The lowest BCUT2D eigenvalue weighted by Gasteiger charge is -2.12. The molecule has 0 saturated heterocycles. The van der Waals surface area contributed by atoms with Gasteiger partial charge in [0.15, 0.2) is 0 Å². The third-order valence-electron chi connectivity index (χ3n) is 3.60. The number of fused-ring (bicyclic) bond motifs is 1. The van der Waals surface area contributed by atoms with Crippen LogP contribution >= 0.6 is 0 Å². The van der Waals surface area contributed by atoms with Crippen LogP contribution in [0.4, 0.5) is 0 Å². The predicted octanol–water partition coefficient (Wildman–Crippen LogP) is 2.61. The maximum atomic E-state index is 11.6. The Hall–Kier alpha value is -2.59. The fourth-order valence-corrected chi connectivity index (χ4v) is 2.51. The number of benzene rings is 2. The second kappa shape index (κ2) is 6.45. The summed E-state index contributed by atoms with van der Waals surface area (Å²) in [5.41, 5.74) is 8.44. The van der Waals surface area contributed by atoms with Crippen LogP contribution in [0.2, 0.25) is 0 Å². The SMILES string of the molecule is NCCc1ccc(OCc2ccccc2)c2[nH]c(=O)ccc12. The second-order valence-electron chi connectivity index (χ2n) is 5.15. The number of hydrogen-bond donors (Lipinski definition) is 2. The lowest BCUT2D eigenvalue weighted by Crippen LogP contribution is -2.08. The van der Waals surface area contributed by atoms with E-state index in [0.717, 1.165) is 28.5 Å². The van der Waals surface area contributed by atoms with Gasteiger partial charge in [0, 0.05) is 11.5 Å². The van der Waals surface area contributed by atoms with E-state index >= 15 is 0 Å². The predicted molar refractivity (Wildman–Crippen MR) is 88.1 cm³/mol. The fourth-order valence-electron chi connectivity index (χ4n) is 2.51. The Balaban J connectivity index is 1.97. The van der Waals surface area contributed by atoms with Gasteiger partial charge in [0.1, 0.15) is 12.4 Å². The molecule has 1 heterocycles. The van der Waals surface area contributed by atoms with Crippen LogP contribution in [0.3, 0.4) is 0 Å². The normalized spacial score (nSPS) is 10.8. The van der Waals surface area contributed by atoms with Gasteiger partial charge < -0.3 is 15.5 Å². The number of nitrogens with two attached hydrogens (primary N) is 1. The molecule has 0 radical (unpaired) electrons. The number of H-pyrrole nitrogens is 1. The molecule has 0 bridgehead atoms. The maximum Gasteiger partial charge on any atom is 0.248 e. The number of ether oxygens (including phenoxy) is 1. The Bertz CT molecular complexity index is 825. The average Bonchev–Trinajstić information content (AvgIpc) is 2.55. The van der Waals surface area contributed by atoms with Crippen molar-refractivity contribution in [3.63, 3.8) is 0 Å². The minimum Gasteiger partial charge on any atom is -0.487 e. The standard InChI is InChI=1S/C18H18N2O2/c19-11-10-14-6-8-16(18-15(14)7-9-17(21)20-18)22-12-13-4-2-1-3-5-13/h1-9H,10-12,19H2,(H,20,21). The van der Waals surface area contributed by atoms with Gasteiger partial charge in [-0.25, -0.2) is 0 Å². The van der Waals surface area contributed by atoms with E-state index < -0.39 is 0 Å². The molecule has 2 aromatic carbocycles. The van der Waals surface area contributed by atoms with Crippen LogP contribution in [0.1, 0.15) is 11.1 Å². The molecule has 4 nitrogen and oxygen atoms in total. The minimum atomic E-state index is -0.137. The summed E-state index contributed by atoms with van der Waals surface area (Å²) in [6.07, 6.45) is 0.765. The molecule has 4 heteroatoms. The van der Waals surface area contributed by atoms with Crippen molar-refractivity contribution in [1.29, 1.82) is 0 Å². The molecule has 112 valence electrons. The first-order valence-electron chi connectivity index (χ1n) is 7.29. The number of hydrogen-bond acceptors (Lipinski definition) is 3. The van der Waals surface area contributed by atoms with Crippen molar-refractivity contribution >= 4 is 10.9 Å². The molecule has 0 fully saturated rings. The summed E-state index contributed by atoms with van der Waals surface area (Å²) in [5.74, 6) is 0.678. The second-order valence-corrected chi connectivity index (χ2v) is 5.15. The summed E-state index contributed by atoms with van der Waals surface area (Å²) in [4.78, 5) is 14.5. The molecule has 0 atom stereocenters. The summed E-state index contributed by atoms with van der Waals surface area (Å²) in [5, 5.41) is 0.982. The molecule has 0 amide bonds. The maximum absolute atomic E-state index is 11.6. The van der Waals surface area contributed by atoms with Crippen molar-refractivity contribution in [2.75, 3.05) is 6.54 Å². The van der Waals surface area contributed by atoms with E-state index in [9.17, 15) is 4.79 Å². The molecular formula is C18H18N2O2. The summed E-state index contributed by atoms with van der Waals surface area (Å²) < 4.78 is 5.89. The van der Waals surface area contributed by atoms with Gasteiger partial charge in [-0.3, -0.25) is 4.79 Å². The molecule has 3 rings (SSSR count). The Labute approximate surface area is 128 Å². The summed E-state index contributed by atoms with van der Waals surface area (Å²) in [6.45, 7) is 1.03. The van der Waals surface area contributed by atoms with E-state index in [2.05, 4.69) is 4.98 Å². The zero-order valence-electron chi connectivity index (χ0n) is 12.2. The largest absolute Gasteiger partial charge is 0.487 e. The Morgan fingerprint density at radius 3 is 2.59 bits per heavy atom. The van der Waals surface area contributed by atoms with E-state index in [1.807, 2.05) is 48.5 Å². The molecule has 3 aromatic rings. The van der Waals surface area contributed by atoms with Crippen LogP contribution in [0.5, 0.6) is 5.75 Å². The molecule has 3 N–H and O–H groups in total. The van der Waals surface area contributed by atoms with Crippen LogP contribution in [0, 0.1) is 0 Å². The first-order chi connectivity index (χ1) is 10.8. The van der Waals surface area contributed by atoms with Crippen molar-refractivity contribution in [3.05, 3.63) is 76.1 Å². The number of aromatic amines is 1. The van der Waals surface area contributed by atoms with Gasteiger partial charge in [0.2, 0.25) is 5.56 Å². The Morgan fingerprint density at radius 1 is 1.00 bits per heavy atom. The summed E-state index contributed by atoms with van der Waals surface area (Å²) in [7, 11) is 0. The molecule has 22 heavy (non-hydrogen) atoms. The van der Waals surface area contributed by atoms with Crippen molar-refractivity contribution < 1.29 is 4.74 Å². The number of rotatable bonds is 5. The van der Waals surface area contributed by atoms with E-state index in [1.165, 1.54) is 6.07 Å². The van der Waals surface area contributed by atoms with E-state index in [-0.39, 0.29) is 5.56 Å². The topological polar surface area (TPSA) is 68.1 Å². The highest BCUT2D eigenvalue weighted by Crippen LogP contribution is 2.26. The van der Waals surface area contributed by atoms with Gasteiger partial charge in [-0.15, -0.1) is 0 Å². The van der Waals surface area contributed by atoms with Crippen molar-refractivity contribution in [1.82, 2.24) is 4.98 Å². The zero-order valence-corrected chi connectivity index (χ0v) is 12.2. The van der Waals surface area contributed by atoms with Crippen LogP contribution in [0.15, 0.2) is 59.4 Å². The van der Waals surface area contributed by atoms with Crippen LogP contribution in [0.25, 0.3) is 10.9 Å². The molecule has 0 unspecified atom stereocenters. The van der Waals surface area contributed by atoms with E-state index in [0.29, 0.717) is 18.9 Å². The van der Waals surface area contributed by atoms with Gasteiger partial charge in [-0.2, -0.15) is 0 Å². The van der Waals surface area contributed by atoms with Crippen LogP contribution in [-0.4, -0.2) is 11.5 Å². The molecule has 0 aliphatic heterocycles. The first-order valence-corrected chi connectivity index (χ1v) is 7.29. The van der Waals surface area contributed by atoms with Gasteiger partial charge in [0.05, 0.1) is 5.52 Å². The van der Waals surface area contributed by atoms with Gasteiger partial charge >= 0.3 is 0 Å². The number of nitrogens with one attached hydrogen (secondary N) is 1. The molecule has 0 aliphatic rings. The quantitative estimate of drug-likeness (QED) is 0.760. The highest BCUT2D eigenvalue weighted by atomic mass is 16.5. The lowest BCUT2D eigenvalue weighted by atomic mass is 10.0. The number of pyridine rings is 1. The molecule has 0 aliphatic carbocycles. The van der Waals surface area contributed by atoms with Crippen molar-refractivity contribution in [2.24, 2.45) is 5.73 Å². The summed E-state index contributed by atoms with van der Waals surface area (Å²) in [6, 6.07) is 17.2. The Morgan fingerprint density at radius 2 is 1.82 bits per heavy atom. The number of aromatic nitrogens is 1. The Kier molecular flexibility index (Phi) is 4.21. The van der Waals surface area contributed by atoms with E-state index in [4.69, 9.17) is 10.5 Å². The monoisotopic (exact) mass is 294 g/mol. The average molecular weight is 294 g/mol. The third-order valence-corrected chi connectivity index (χ3v) is 3.60. The highest BCUT2D eigenvalue weighted by molar-refractivity contribution is 5.87. The lowest BCUT2D eigenvalue weighted by molar-refractivity contribution is 0.309. The third kappa shape index (κ3) is 3.02. The van der Waals surface area contributed by atoms with Gasteiger partial charge in [-0.05, 0) is 36.2 Å². The van der Waals surface area contributed by atoms with Crippen molar-refractivity contribution in [2.45, 2.75) is 13.0 Å². The van der Waals surface area contributed by atoms with Gasteiger partial charge in [-0.1, -0.05) is 36.4 Å². The first kappa shape index (κ1) is 14.4. The van der Waals surface area contributed by atoms with Crippen LogP contribution < -0.4 is 16.0 Å². The molecule has 1 aromatic heterocycles. The molecule has 0 spiro atoms.